The number of amides is 2. The van der Waals surface area contributed by atoms with Crippen LogP contribution in [0.4, 0.5) is 10.5 Å². The number of nitrogens with one attached hydrogen (secondary N) is 1. The van der Waals surface area contributed by atoms with Gasteiger partial charge in [-0.3, -0.25) is 9.89 Å². The lowest BCUT2D eigenvalue weighted by molar-refractivity contribution is 0.157. The zero-order valence-electron chi connectivity index (χ0n) is 22.4. The third-order valence-electron chi connectivity index (χ3n) is 7.11. The zero-order valence-corrected chi connectivity index (χ0v) is 23.9. The first kappa shape index (κ1) is 27.3. The van der Waals surface area contributed by atoms with Gasteiger partial charge in [0.1, 0.15) is 17.6 Å². The molecule has 0 saturated carbocycles. The number of hydrogen-bond donors (Lipinski definition) is 1. The number of ether oxygens (including phenoxy) is 1. The van der Waals surface area contributed by atoms with E-state index in [9.17, 15) is 4.79 Å². The van der Waals surface area contributed by atoms with Gasteiger partial charge in [0.25, 0.3) is 0 Å². The molecule has 1 fully saturated rings. The summed E-state index contributed by atoms with van der Waals surface area (Å²) in [6.45, 7) is 5.20. The topological polar surface area (TPSA) is 60.4 Å². The van der Waals surface area contributed by atoms with Gasteiger partial charge in [-0.1, -0.05) is 47.5 Å². The summed E-state index contributed by atoms with van der Waals surface area (Å²) >= 11 is 12.5. The van der Waals surface area contributed by atoms with Crippen molar-refractivity contribution in [3.05, 3.63) is 93.5 Å². The molecule has 2 aliphatic rings. The molecule has 3 aromatic carbocycles. The minimum absolute atomic E-state index is 0.0780. The summed E-state index contributed by atoms with van der Waals surface area (Å²) in [5.74, 6) is 1.28. The quantitative estimate of drug-likeness (QED) is 0.396. The standard InChI is InChI=1S/C30H33Cl2N5O2/c1-4-39-26-19-24(35(2)3)13-14-25(26)29-34-27(20-5-9-22(31)10-6-20)28(21-7-11-23(32)12-8-21)37(29)30(38)36-17-15-33-16-18-36/h5-14,19,27-28,33H,4,15-18H2,1-3H3/t27-,28+/m1/s1. The van der Waals surface area contributed by atoms with Gasteiger partial charge in [-0.15, -0.1) is 0 Å². The molecule has 0 aromatic heterocycles. The van der Waals surface area contributed by atoms with E-state index in [4.69, 9.17) is 32.9 Å². The van der Waals surface area contributed by atoms with E-state index in [0.717, 1.165) is 35.5 Å². The van der Waals surface area contributed by atoms with Gasteiger partial charge in [-0.05, 0) is 54.4 Å². The van der Waals surface area contributed by atoms with Gasteiger partial charge < -0.3 is 19.9 Å². The monoisotopic (exact) mass is 565 g/mol. The van der Waals surface area contributed by atoms with Crippen LogP contribution in [0, 0.1) is 0 Å². The van der Waals surface area contributed by atoms with Crippen LogP contribution in [0.2, 0.25) is 10.0 Å². The highest BCUT2D eigenvalue weighted by Gasteiger charge is 2.44. The van der Waals surface area contributed by atoms with Crippen LogP contribution in [0.3, 0.4) is 0 Å². The van der Waals surface area contributed by atoms with Crippen LogP contribution < -0.4 is 15.0 Å². The minimum atomic E-state index is -0.385. The third-order valence-corrected chi connectivity index (χ3v) is 7.61. The second-order valence-corrected chi connectivity index (χ2v) is 10.7. The normalized spacial score (nSPS) is 19.2. The molecule has 0 unspecified atom stereocenters. The molecule has 9 heteroatoms. The molecule has 7 nitrogen and oxygen atoms in total. The van der Waals surface area contributed by atoms with Crippen molar-refractivity contribution in [3.8, 4) is 5.75 Å². The summed E-state index contributed by atoms with van der Waals surface area (Å²) in [5, 5.41) is 4.63. The van der Waals surface area contributed by atoms with E-state index in [1.165, 1.54) is 0 Å². The van der Waals surface area contributed by atoms with Crippen LogP contribution in [0.25, 0.3) is 0 Å². The summed E-state index contributed by atoms with van der Waals surface area (Å²) in [6, 6.07) is 20.6. The van der Waals surface area contributed by atoms with E-state index in [1.807, 2.05) is 102 Å². The molecule has 0 aliphatic carbocycles. The molecule has 39 heavy (non-hydrogen) atoms. The lowest BCUT2D eigenvalue weighted by atomic mass is 9.93. The van der Waals surface area contributed by atoms with E-state index < -0.39 is 0 Å². The Morgan fingerprint density at radius 2 is 1.59 bits per heavy atom. The van der Waals surface area contributed by atoms with E-state index in [2.05, 4.69) is 5.32 Å². The van der Waals surface area contributed by atoms with Gasteiger partial charge in [-0.25, -0.2) is 4.79 Å². The Bertz CT molecular complexity index is 1340. The fraction of sp³-hybridized carbons (Fsp3) is 0.333. The van der Waals surface area contributed by atoms with Gasteiger partial charge >= 0.3 is 6.03 Å². The number of hydrogen-bond acceptors (Lipinski definition) is 5. The number of urea groups is 1. The second-order valence-electron chi connectivity index (χ2n) is 9.84. The Labute approximate surface area is 240 Å². The number of halogens is 2. The number of carbonyl (C=O) groups is 1. The van der Waals surface area contributed by atoms with Crippen molar-refractivity contribution in [2.24, 2.45) is 4.99 Å². The number of carbonyl (C=O) groups excluding carboxylic acids is 1. The number of benzene rings is 3. The van der Waals surface area contributed by atoms with Crippen LogP contribution >= 0.6 is 23.2 Å². The van der Waals surface area contributed by atoms with Crippen molar-refractivity contribution in [1.82, 2.24) is 15.1 Å². The molecule has 2 amide bonds. The molecule has 2 atom stereocenters. The van der Waals surface area contributed by atoms with Crippen LogP contribution in [0.5, 0.6) is 5.75 Å². The molecule has 0 bridgehead atoms. The number of amidine groups is 1. The van der Waals surface area contributed by atoms with Crippen LogP contribution in [-0.4, -0.2) is 68.5 Å². The molecular weight excluding hydrogens is 533 g/mol. The smallest absolute Gasteiger partial charge is 0.326 e. The first-order valence-corrected chi connectivity index (χ1v) is 13.9. The Kier molecular flexibility index (Phi) is 8.31. The highest BCUT2D eigenvalue weighted by molar-refractivity contribution is 6.30. The maximum Gasteiger partial charge on any atom is 0.326 e. The van der Waals surface area contributed by atoms with Crippen molar-refractivity contribution in [3.63, 3.8) is 0 Å². The van der Waals surface area contributed by atoms with Crippen molar-refractivity contribution in [2.45, 2.75) is 19.0 Å². The maximum atomic E-state index is 14.4. The number of piperazine rings is 1. The molecule has 3 aromatic rings. The first-order valence-electron chi connectivity index (χ1n) is 13.2. The Hall–Kier alpha value is -3.26. The molecule has 0 spiro atoms. The van der Waals surface area contributed by atoms with Crippen molar-refractivity contribution < 1.29 is 9.53 Å². The van der Waals surface area contributed by atoms with Gasteiger partial charge in [0.15, 0.2) is 0 Å². The van der Waals surface area contributed by atoms with Gasteiger partial charge in [0.05, 0.1) is 18.2 Å². The van der Waals surface area contributed by atoms with Crippen LogP contribution in [0.1, 0.15) is 35.7 Å². The summed E-state index contributed by atoms with van der Waals surface area (Å²) < 4.78 is 6.12. The van der Waals surface area contributed by atoms with E-state index >= 15 is 0 Å². The van der Waals surface area contributed by atoms with E-state index in [-0.39, 0.29) is 18.1 Å². The van der Waals surface area contributed by atoms with E-state index in [0.29, 0.717) is 41.3 Å². The van der Waals surface area contributed by atoms with Gasteiger partial charge in [0.2, 0.25) is 0 Å². The molecule has 2 heterocycles. The van der Waals surface area contributed by atoms with Crippen molar-refractivity contribution >= 4 is 40.8 Å². The lowest BCUT2D eigenvalue weighted by Gasteiger charge is -2.36. The fourth-order valence-corrected chi connectivity index (χ4v) is 5.36. The van der Waals surface area contributed by atoms with Crippen molar-refractivity contribution in [1.29, 1.82) is 0 Å². The van der Waals surface area contributed by atoms with E-state index in [1.54, 1.807) is 0 Å². The SMILES string of the molecule is CCOc1cc(N(C)C)ccc1C1=N[C@H](c2ccc(Cl)cc2)[C@H](c2ccc(Cl)cc2)N1C(=O)N1CCNCC1. The summed E-state index contributed by atoms with van der Waals surface area (Å²) in [7, 11) is 3.98. The number of anilines is 1. The highest BCUT2D eigenvalue weighted by Crippen LogP contribution is 2.45. The summed E-state index contributed by atoms with van der Waals surface area (Å²) in [5.41, 5.74) is 3.70. The zero-order chi connectivity index (χ0) is 27.5. The fourth-order valence-electron chi connectivity index (χ4n) is 5.11. The average Bonchev–Trinajstić information content (AvgIpc) is 3.34. The van der Waals surface area contributed by atoms with Crippen molar-refractivity contribution in [2.75, 3.05) is 51.8 Å². The molecule has 1 N–H and O–H groups in total. The minimum Gasteiger partial charge on any atom is -0.493 e. The molecule has 204 valence electrons. The van der Waals surface area contributed by atoms with Gasteiger partial charge in [-0.2, -0.15) is 0 Å². The predicted molar refractivity (Wildman–Crippen MR) is 159 cm³/mol. The average molecular weight is 567 g/mol. The lowest BCUT2D eigenvalue weighted by Crippen LogP contribution is -2.53. The van der Waals surface area contributed by atoms with Crippen LogP contribution in [-0.2, 0) is 0 Å². The Balaban J connectivity index is 1.70. The molecular formula is C30H33Cl2N5O2. The predicted octanol–water partition coefficient (Wildman–Crippen LogP) is 6.03. The summed E-state index contributed by atoms with van der Waals surface area (Å²) in [6.07, 6.45) is 0. The molecule has 2 aliphatic heterocycles. The number of nitrogens with zero attached hydrogens (tertiary/aromatic N) is 4. The van der Waals surface area contributed by atoms with Gasteiger partial charge in [0, 0.05) is 62.1 Å². The van der Waals surface area contributed by atoms with Crippen LogP contribution in [0.15, 0.2) is 71.7 Å². The third kappa shape index (κ3) is 5.71. The molecule has 0 radical (unpaired) electrons. The number of aliphatic imine (C=N–C) groups is 1. The second kappa shape index (κ2) is 11.9. The Morgan fingerprint density at radius 3 is 2.18 bits per heavy atom. The highest BCUT2D eigenvalue weighted by atomic mass is 35.5. The largest absolute Gasteiger partial charge is 0.493 e. The Morgan fingerprint density at radius 1 is 0.974 bits per heavy atom. The summed E-state index contributed by atoms with van der Waals surface area (Å²) in [4.78, 5) is 25.4. The first-order chi connectivity index (χ1) is 18.9. The maximum absolute atomic E-state index is 14.4. The molecule has 1 saturated heterocycles. The number of rotatable bonds is 6. The molecule has 5 rings (SSSR count).